The second-order valence-corrected chi connectivity index (χ2v) is 6.29. The van der Waals surface area contributed by atoms with E-state index in [9.17, 15) is 14.7 Å². The van der Waals surface area contributed by atoms with Crippen molar-refractivity contribution in [3.8, 4) is 5.88 Å². The summed E-state index contributed by atoms with van der Waals surface area (Å²) < 4.78 is 1.05. The Balaban J connectivity index is 1.89. The van der Waals surface area contributed by atoms with E-state index in [-0.39, 0.29) is 18.2 Å². The number of rotatable bonds is 5. The van der Waals surface area contributed by atoms with Gasteiger partial charge in [0.1, 0.15) is 5.56 Å². The SMILES string of the molecule is C=CCn1c(O)c(C2=NN[C@H](c3ccc(N(C)C)cc3)C2)c(=O)[nH]c1=O. The molecule has 136 valence electrons. The lowest BCUT2D eigenvalue weighted by Gasteiger charge is -2.15. The fourth-order valence-corrected chi connectivity index (χ4v) is 2.91. The second-order valence-electron chi connectivity index (χ2n) is 6.29. The summed E-state index contributed by atoms with van der Waals surface area (Å²) >= 11 is 0. The molecule has 1 aliphatic rings. The number of allylic oxidation sites excluding steroid dienone is 1. The third kappa shape index (κ3) is 3.13. The number of aromatic hydroxyl groups is 1. The van der Waals surface area contributed by atoms with Gasteiger partial charge in [-0.25, -0.2) is 4.79 Å². The first-order chi connectivity index (χ1) is 12.4. The number of benzene rings is 1. The summed E-state index contributed by atoms with van der Waals surface area (Å²) in [4.78, 5) is 28.3. The molecular weight excluding hydrogens is 334 g/mol. The maximum absolute atomic E-state index is 12.2. The number of H-pyrrole nitrogens is 1. The minimum absolute atomic E-state index is 0.00589. The highest BCUT2D eigenvalue weighted by atomic mass is 16.3. The zero-order valence-electron chi connectivity index (χ0n) is 14.7. The highest BCUT2D eigenvalue weighted by Gasteiger charge is 2.27. The maximum Gasteiger partial charge on any atom is 0.331 e. The Bertz CT molecular complexity index is 970. The monoisotopic (exact) mass is 355 g/mol. The second kappa shape index (κ2) is 6.91. The van der Waals surface area contributed by atoms with E-state index in [0.29, 0.717) is 12.1 Å². The van der Waals surface area contributed by atoms with Gasteiger partial charge in [-0.3, -0.25) is 14.3 Å². The Morgan fingerprint density at radius 1 is 1.35 bits per heavy atom. The van der Waals surface area contributed by atoms with Crippen LogP contribution in [0.1, 0.15) is 23.6 Å². The summed E-state index contributed by atoms with van der Waals surface area (Å²) in [6, 6.07) is 7.88. The van der Waals surface area contributed by atoms with Gasteiger partial charge in [0.15, 0.2) is 0 Å². The molecule has 0 saturated carbocycles. The van der Waals surface area contributed by atoms with E-state index in [4.69, 9.17) is 0 Å². The predicted octanol–water partition coefficient (Wildman–Crippen LogP) is 0.933. The number of hydrogen-bond acceptors (Lipinski definition) is 6. The molecule has 0 bridgehead atoms. The molecule has 1 aliphatic heterocycles. The van der Waals surface area contributed by atoms with Crippen LogP contribution in [0.5, 0.6) is 5.88 Å². The summed E-state index contributed by atoms with van der Waals surface area (Å²) in [6.45, 7) is 3.64. The van der Waals surface area contributed by atoms with Crippen molar-refractivity contribution in [3.05, 3.63) is 68.9 Å². The Morgan fingerprint density at radius 3 is 2.65 bits per heavy atom. The van der Waals surface area contributed by atoms with Crippen LogP contribution in [-0.4, -0.2) is 34.5 Å². The summed E-state index contributed by atoms with van der Waals surface area (Å²) in [7, 11) is 3.94. The molecule has 0 radical (unpaired) electrons. The van der Waals surface area contributed by atoms with Crippen molar-refractivity contribution < 1.29 is 5.11 Å². The average molecular weight is 355 g/mol. The summed E-state index contributed by atoms with van der Waals surface area (Å²) in [5.74, 6) is -0.400. The maximum atomic E-state index is 12.2. The average Bonchev–Trinajstić information content (AvgIpc) is 3.08. The van der Waals surface area contributed by atoms with Crippen molar-refractivity contribution in [2.75, 3.05) is 19.0 Å². The van der Waals surface area contributed by atoms with Gasteiger partial charge in [0, 0.05) is 32.7 Å². The summed E-state index contributed by atoms with van der Waals surface area (Å²) in [5, 5.41) is 14.6. The third-order valence-corrected chi connectivity index (χ3v) is 4.34. The van der Waals surface area contributed by atoms with Crippen molar-refractivity contribution in [2.45, 2.75) is 19.0 Å². The molecule has 26 heavy (non-hydrogen) atoms. The fraction of sp³-hybridized carbons (Fsp3) is 0.278. The predicted molar refractivity (Wildman–Crippen MR) is 101 cm³/mol. The van der Waals surface area contributed by atoms with Crippen LogP contribution in [0.3, 0.4) is 0 Å². The smallest absolute Gasteiger partial charge is 0.331 e. The number of nitrogens with one attached hydrogen (secondary N) is 2. The number of aromatic amines is 1. The van der Waals surface area contributed by atoms with Crippen LogP contribution in [-0.2, 0) is 6.54 Å². The first-order valence-corrected chi connectivity index (χ1v) is 8.19. The van der Waals surface area contributed by atoms with E-state index in [1.165, 1.54) is 6.08 Å². The molecule has 3 rings (SSSR count). The van der Waals surface area contributed by atoms with E-state index in [1.54, 1.807) is 0 Å². The van der Waals surface area contributed by atoms with Crippen molar-refractivity contribution in [3.63, 3.8) is 0 Å². The first-order valence-electron chi connectivity index (χ1n) is 8.19. The molecule has 1 aromatic heterocycles. The molecule has 0 spiro atoms. The Morgan fingerprint density at radius 2 is 2.04 bits per heavy atom. The molecule has 0 amide bonds. The zero-order valence-corrected chi connectivity index (χ0v) is 14.7. The molecule has 0 fully saturated rings. The highest BCUT2D eigenvalue weighted by Crippen LogP contribution is 2.27. The standard InChI is InChI=1S/C18H21N5O3/c1-4-9-23-17(25)15(16(24)19-18(23)26)14-10-13(20-21-14)11-5-7-12(8-6-11)22(2)3/h4-8,13,20,25H,1,9-10H2,2-3H3,(H,19,24,26)/t13-/m0/s1. The largest absolute Gasteiger partial charge is 0.494 e. The van der Waals surface area contributed by atoms with E-state index >= 15 is 0 Å². The van der Waals surface area contributed by atoms with Gasteiger partial charge in [-0.1, -0.05) is 18.2 Å². The molecule has 2 heterocycles. The van der Waals surface area contributed by atoms with E-state index in [0.717, 1.165) is 15.8 Å². The van der Waals surface area contributed by atoms with Crippen molar-refractivity contribution >= 4 is 11.4 Å². The quantitative estimate of drug-likeness (QED) is 0.693. The number of hydrazone groups is 1. The van der Waals surface area contributed by atoms with Gasteiger partial charge in [0.25, 0.3) is 5.56 Å². The Hall–Kier alpha value is -3.29. The first kappa shape index (κ1) is 17.5. The molecule has 0 aliphatic carbocycles. The molecule has 0 saturated heterocycles. The molecule has 8 nitrogen and oxygen atoms in total. The molecule has 1 aromatic carbocycles. The van der Waals surface area contributed by atoms with E-state index < -0.39 is 17.1 Å². The van der Waals surface area contributed by atoms with Crippen LogP contribution in [0, 0.1) is 0 Å². The molecule has 0 unspecified atom stereocenters. The van der Waals surface area contributed by atoms with Crippen molar-refractivity contribution in [2.24, 2.45) is 5.10 Å². The topological polar surface area (TPSA) is 103 Å². The van der Waals surface area contributed by atoms with Gasteiger partial charge in [-0.15, -0.1) is 6.58 Å². The van der Waals surface area contributed by atoms with E-state index in [1.807, 2.05) is 43.3 Å². The lowest BCUT2D eigenvalue weighted by molar-refractivity contribution is 0.409. The minimum atomic E-state index is -0.682. The number of aromatic nitrogens is 2. The minimum Gasteiger partial charge on any atom is -0.494 e. The van der Waals surface area contributed by atoms with Gasteiger partial charge in [-0.2, -0.15) is 5.10 Å². The van der Waals surface area contributed by atoms with Crippen LogP contribution in [0.25, 0.3) is 0 Å². The van der Waals surface area contributed by atoms with Crippen LogP contribution in [0.2, 0.25) is 0 Å². The van der Waals surface area contributed by atoms with Crippen LogP contribution < -0.4 is 21.6 Å². The summed E-state index contributed by atoms with van der Waals surface area (Å²) in [6.07, 6.45) is 1.89. The Labute approximate surface area is 150 Å². The van der Waals surface area contributed by atoms with Gasteiger partial charge in [0.05, 0.1) is 11.8 Å². The lowest BCUT2D eigenvalue weighted by Crippen LogP contribution is -2.33. The molecule has 3 N–H and O–H groups in total. The van der Waals surface area contributed by atoms with Crippen LogP contribution in [0.15, 0.2) is 51.6 Å². The van der Waals surface area contributed by atoms with Gasteiger partial charge < -0.3 is 15.4 Å². The van der Waals surface area contributed by atoms with Gasteiger partial charge >= 0.3 is 5.69 Å². The van der Waals surface area contributed by atoms with Gasteiger partial charge in [0.2, 0.25) is 5.88 Å². The lowest BCUT2D eigenvalue weighted by atomic mass is 10.00. The fourth-order valence-electron chi connectivity index (χ4n) is 2.91. The number of hydrogen-bond donors (Lipinski definition) is 3. The molecule has 8 heteroatoms. The number of anilines is 1. The zero-order chi connectivity index (χ0) is 18.8. The van der Waals surface area contributed by atoms with Gasteiger partial charge in [-0.05, 0) is 17.7 Å². The molecule has 2 aromatic rings. The third-order valence-electron chi connectivity index (χ3n) is 4.34. The highest BCUT2D eigenvalue weighted by molar-refractivity contribution is 6.03. The normalized spacial score (nSPS) is 16.1. The molecule has 1 atom stereocenters. The van der Waals surface area contributed by atoms with Crippen molar-refractivity contribution in [1.29, 1.82) is 0 Å². The Kier molecular flexibility index (Phi) is 4.66. The molecular formula is C18H21N5O3. The number of nitrogens with zero attached hydrogens (tertiary/aromatic N) is 3. The van der Waals surface area contributed by atoms with Crippen LogP contribution >= 0.6 is 0 Å². The van der Waals surface area contributed by atoms with Crippen molar-refractivity contribution in [1.82, 2.24) is 15.0 Å². The summed E-state index contributed by atoms with van der Waals surface area (Å²) in [5.41, 5.74) is 4.17. The van der Waals surface area contributed by atoms with E-state index in [2.05, 4.69) is 22.1 Å². The van der Waals surface area contributed by atoms with Crippen LogP contribution in [0.4, 0.5) is 5.69 Å².